The van der Waals surface area contributed by atoms with Crippen molar-refractivity contribution < 1.29 is 15.1 Å². The molecule has 0 spiro atoms. The molecule has 0 heterocycles. The molecule has 4 aliphatic carbocycles. The fourth-order valence-electron chi connectivity index (χ4n) is 7.25. The zero-order valence-electron chi connectivity index (χ0n) is 15.7. The number of carbonyl (C=O) groups excluding carboxylic acids is 1. The molecule has 0 aromatic heterocycles. The zero-order valence-corrected chi connectivity index (χ0v) is 15.7. The van der Waals surface area contributed by atoms with Gasteiger partial charge in [-0.15, -0.1) is 0 Å². The molecule has 4 rings (SSSR count). The number of allylic oxidation sites excluding steroid dienone is 1. The molecule has 3 saturated carbocycles. The summed E-state index contributed by atoms with van der Waals surface area (Å²) in [5.41, 5.74) is 0.847. The number of oxime groups is 1. The summed E-state index contributed by atoms with van der Waals surface area (Å²) in [6.07, 6.45) is 9.56. The van der Waals surface area contributed by atoms with Crippen LogP contribution in [0.25, 0.3) is 0 Å². The zero-order chi connectivity index (χ0) is 18.0. The van der Waals surface area contributed by atoms with Gasteiger partial charge in [-0.2, -0.15) is 0 Å². The molecule has 0 saturated heterocycles. The van der Waals surface area contributed by atoms with Gasteiger partial charge in [-0.05, 0) is 81.1 Å². The molecule has 4 heteroatoms. The average Bonchev–Trinajstić information content (AvgIpc) is 2.87. The Labute approximate surface area is 150 Å². The van der Waals surface area contributed by atoms with Crippen molar-refractivity contribution in [2.45, 2.75) is 77.7 Å². The third-order valence-corrected chi connectivity index (χ3v) is 8.86. The molecule has 0 aromatic rings. The number of hydrogen-bond donors (Lipinski definition) is 2. The van der Waals surface area contributed by atoms with Crippen molar-refractivity contribution in [3.05, 3.63) is 11.6 Å². The summed E-state index contributed by atoms with van der Waals surface area (Å²) >= 11 is 0. The van der Waals surface area contributed by atoms with E-state index in [0.29, 0.717) is 42.1 Å². The van der Waals surface area contributed by atoms with Crippen LogP contribution in [-0.4, -0.2) is 27.4 Å². The van der Waals surface area contributed by atoms with Crippen molar-refractivity contribution >= 4 is 11.5 Å². The van der Waals surface area contributed by atoms with Crippen LogP contribution in [0.15, 0.2) is 16.8 Å². The summed E-state index contributed by atoms with van der Waals surface area (Å²) in [6, 6.07) is 0. The van der Waals surface area contributed by atoms with Crippen LogP contribution in [0.1, 0.15) is 72.1 Å². The molecule has 0 amide bonds. The minimum Gasteiger partial charge on any atom is -0.411 e. The van der Waals surface area contributed by atoms with Gasteiger partial charge in [0.1, 0.15) is 5.60 Å². The maximum atomic E-state index is 11.9. The van der Waals surface area contributed by atoms with Crippen LogP contribution in [0.3, 0.4) is 0 Å². The van der Waals surface area contributed by atoms with Gasteiger partial charge in [0.25, 0.3) is 0 Å². The molecule has 6 unspecified atom stereocenters. The van der Waals surface area contributed by atoms with Crippen molar-refractivity contribution in [2.24, 2.45) is 33.7 Å². The van der Waals surface area contributed by atoms with Gasteiger partial charge in [-0.3, -0.25) is 4.79 Å². The topological polar surface area (TPSA) is 69.9 Å². The second kappa shape index (κ2) is 5.42. The normalized spacial score (nSPS) is 49.9. The van der Waals surface area contributed by atoms with E-state index < -0.39 is 5.60 Å². The van der Waals surface area contributed by atoms with Crippen molar-refractivity contribution in [2.75, 3.05) is 0 Å². The molecule has 0 aromatic carbocycles. The number of ketones is 1. The van der Waals surface area contributed by atoms with Gasteiger partial charge in [0.2, 0.25) is 0 Å². The lowest BCUT2D eigenvalue weighted by Gasteiger charge is -2.59. The smallest absolute Gasteiger partial charge is 0.155 e. The van der Waals surface area contributed by atoms with Gasteiger partial charge in [0, 0.05) is 11.8 Å². The predicted octanol–water partition coefficient (Wildman–Crippen LogP) is 4.10. The van der Waals surface area contributed by atoms with E-state index in [1.165, 1.54) is 5.57 Å². The second-order valence-corrected chi connectivity index (χ2v) is 9.51. The molecule has 4 aliphatic rings. The quantitative estimate of drug-likeness (QED) is 0.427. The summed E-state index contributed by atoms with van der Waals surface area (Å²) in [7, 11) is 0. The Morgan fingerprint density at radius 1 is 1.12 bits per heavy atom. The molecule has 4 nitrogen and oxygen atoms in total. The number of aliphatic hydroxyl groups is 1. The molecular formula is C21H31NO3. The lowest BCUT2D eigenvalue weighted by Crippen LogP contribution is -2.57. The van der Waals surface area contributed by atoms with E-state index >= 15 is 0 Å². The van der Waals surface area contributed by atoms with E-state index in [1.807, 2.05) is 6.08 Å². The van der Waals surface area contributed by atoms with E-state index in [0.717, 1.165) is 38.5 Å². The van der Waals surface area contributed by atoms with Crippen molar-refractivity contribution in [3.8, 4) is 0 Å². The van der Waals surface area contributed by atoms with Crippen LogP contribution >= 0.6 is 0 Å². The summed E-state index contributed by atoms with van der Waals surface area (Å²) in [5.74, 6) is 2.00. The number of hydrogen-bond acceptors (Lipinski definition) is 4. The maximum absolute atomic E-state index is 11.9. The highest BCUT2D eigenvalue weighted by atomic mass is 16.4. The molecule has 0 aliphatic heterocycles. The van der Waals surface area contributed by atoms with Crippen LogP contribution in [0.5, 0.6) is 0 Å². The van der Waals surface area contributed by atoms with Crippen LogP contribution < -0.4 is 0 Å². The molecule has 25 heavy (non-hydrogen) atoms. The van der Waals surface area contributed by atoms with Crippen molar-refractivity contribution in [1.82, 2.24) is 0 Å². The van der Waals surface area contributed by atoms with E-state index in [9.17, 15) is 15.1 Å². The highest BCUT2D eigenvalue weighted by molar-refractivity contribution is 5.92. The van der Waals surface area contributed by atoms with Gasteiger partial charge < -0.3 is 10.3 Å². The minimum absolute atomic E-state index is 0.166. The number of fused-ring (bicyclic) bond motifs is 5. The maximum Gasteiger partial charge on any atom is 0.155 e. The lowest BCUT2D eigenvalue weighted by atomic mass is 9.46. The Morgan fingerprint density at radius 3 is 2.56 bits per heavy atom. The Bertz CT molecular complexity index is 668. The van der Waals surface area contributed by atoms with Crippen LogP contribution in [-0.2, 0) is 4.79 Å². The third-order valence-electron chi connectivity index (χ3n) is 8.86. The Balaban J connectivity index is 1.69. The molecule has 6 atom stereocenters. The Kier molecular flexibility index (Phi) is 3.74. The van der Waals surface area contributed by atoms with E-state index in [2.05, 4.69) is 19.0 Å². The van der Waals surface area contributed by atoms with E-state index in [1.54, 1.807) is 6.92 Å². The minimum atomic E-state index is -0.975. The standard InChI is InChI=1S/C21H31NO3/c1-13(22-25)21(24)11-8-18-16-5-4-14-12-15(23)6-9-19(14,2)17(16)7-10-20(18,21)3/h12,16-18,24-25H,4-11H2,1-3H3. The fraction of sp³-hybridized carbons (Fsp3) is 0.810. The first kappa shape index (κ1) is 17.3. The van der Waals surface area contributed by atoms with Crippen molar-refractivity contribution in [3.63, 3.8) is 0 Å². The van der Waals surface area contributed by atoms with Crippen LogP contribution in [0, 0.1) is 28.6 Å². The molecule has 138 valence electrons. The molecular weight excluding hydrogens is 314 g/mol. The summed E-state index contributed by atoms with van der Waals surface area (Å²) in [6.45, 7) is 6.36. The van der Waals surface area contributed by atoms with Gasteiger partial charge >= 0.3 is 0 Å². The monoisotopic (exact) mass is 345 g/mol. The first-order valence-corrected chi connectivity index (χ1v) is 9.92. The van der Waals surface area contributed by atoms with Crippen LogP contribution in [0.4, 0.5) is 0 Å². The molecule has 2 N–H and O–H groups in total. The summed E-state index contributed by atoms with van der Waals surface area (Å²) in [4.78, 5) is 11.9. The Morgan fingerprint density at radius 2 is 1.84 bits per heavy atom. The van der Waals surface area contributed by atoms with Gasteiger partial charge in [0.15, 0.2) is 5.78 Å². The van der Waals surface area contributed by atoms with Crippen molar-refractivity contribution in [1.29, 1.82) is 0 Å². The average molecular weight is 345 g/mol. The summed E-state index contributed by atoms with van der Waals surface area (Å²) in [5, 5.41) is 24.1. The largest absolute Gasteiger partial charge is 0.411 e. The van der Waals surface area contributed by atoms with Crippen LogP contribution in [0.2, 0.25) is 0 Å². The number of rotatable bonds is 1. The van der Waals surface area contributed by atoms with Gasteiger partial charge in [0.05, 0.1) is 5.71 Å². The predicted molar refractivity (Wildman–Crippen MR) is 96.6 cm³/mol. The SMILES string of the molecule is CC(=NO)C1(O)CCC2C3CCC4=CC(=O)CCC4(C)C3CCC21C. The highest BCUT2D eigenvalue weighted by Crippen LogP contribution is 2.67. The fourth-order valence-corrected chi connectivity index (χ4v) is 7.25. The molecule has 3 fully saturated rings. The molecule has 0 bridgehead atoms. The number of nitrogens with zero attached hydrogens (tertiary/aromatic N) is 1. The summed E-state index contributed by atoms with van der Waals surface area (Å²) < 4.78 is 0. The second-order valence-electron chi connectivity index (χ2n) is 9.51. The van der Waals surface area contributed by atoms with E-state index in [-0.39, 0.29) is 10.8 Å². The molecule has 0 radical (unpaired) electrons. The van der Waals surface area contributed by atoms with E-state index in [4.69, 9.17) is 0 Å². The third kappa shape index (κ3) is 2.09. The number of carbonyl (C=O) groups is 1. The van der Waals surface area contributed by atoms with Gasteiger partial charge in [-0.25, -0.2) is 0 Å². The Hall–Kier alpha value is -1.16. The first-order chi connectivity index (χ1) is 11.8. The first-order valence-electron chi connectivity index (χ1n) is 9.92. The van der Waals surface area contributed by atoms with Gasteiger partial charge in [-0.1, -0.05) is 24.6 Å². The lowest BCUT2D eigenvalue weighted by molar-refractivity contribution is -0.119. The highest BCUT2D eigenvalue weighted by Gasteiger charge is 2.64.